The molecule has 26 heavy (non-hydrogen) atoms. The van der Waals surface area contributed by atoms with Crippen molar-refractivity contribution < 1.29 is 0 Å². The van der Waals surface area contributed by atoms with Crippen molar-refractivity contribution in [2.45, 2.75) is 13.1 Å². The number of aryl methyl sites for hydroxylation is 1. The van der Waals surface area contributed by atoms with Gasteiger partial charge < -0.3 is 5.32 Å². The molecule has 5 rings (SSSR count). The molecular weight excluding hydrogens is 322 g/mol. The lowest BCUT2D eigenvalue weighted by atomic mass is 10.0. The Morgan fingerprint density at radius 2 is 1.65 bits per heavy atom. The van der Waals surface area contributed by atoms with Gasteiger partial charge >= 0.3 is 0 Å². The second-order valence-electron chi connectivity index (χ2n) is 6.63. The number of rotatable bonds is 1. The Bertz CT molecular complexity index is 1190. The highest BCUT2D eigenvalue weighted by molar-refractivity contribution is 5.83. The molecule has 126 valence electrons. The largest absolute Gasteiger partial charge is 0.360 e. The molecule has 1 atom stereocenters. The summed E-state index contributed by atoms with van der Waals surface area (Å²) in [6, 6.07) is 23.8. The van der Waals surface area contributed by atoms with Crippen LogP contribution in [0.25, 0.3) is 22.3 Å². The molecule has 0 bridgehead atoms. The van der Waals surface area contributed by atoms with E-state index in [1.54, 1.807) is 4.57 Å². The van der Waals surface area contributed by atoms with Gasteiger partial charge in [-0.25, -0.2) is 4.98 Å². The number of anilines is 1. The van der Waals surface area contributed by atoms with Crippen LogP contribution >= 0.6 is 0 Å². The number of hydrogen-bond donors (Lipinski definition) is 1. The molecule has 0 saturated heterocycles. The van der Waals surface area contributed by atoms with Crippen molar-refractivity contribution in [3.8, 4) is 11.4 Å². The molecule has 4 heteroatoms. The smallest absolute Gasteiger partial charge is 0.263 e. The predicted molar refractivity (Wildman–Crippen MR) is 104 cm³/mol. The number of nitrogens with one attached hydrogen (secondary N) is 1. The first-order valence-corrected chi connectivity index (χ1v) is 8.66. The zero-order valence-electron chi connectivity index (χ0n) is 14.3. The highest BCUT2D eigenvalue weighted by Gasteiger charge is 2.27. The zero-order valence-corrected chi connectivity index (χ0v) is 14.3. The molecule has 1 aromatic heterocycles. The third kappa shape index (κ3) is 2.15. The quantitative estimate of drug-likeness (QED) is 0.561. The maximum atomic E-state index is 13.3. The Balaban J connectivity index is 1.86. The summed E-state index contributed by atoms with van der Waals surface area (Å²) in [5.74, 6) is 0.702. The molecule has 0 spiro atoms. The number of benzene rings is 3. The summed E-state index contributed by atoms with van der Waals surface area (Å²) in [7, 11) is 0. The number of hydrogen-bond acceptors (Lipinski definition) is 3. The number of fused-ring (bicyclic) bond motifs is 4. The predicted octanol–water partition coefficient (Wildman–Crippen LogP) is 4.34. The molecule has 2 heterocycles. The van der Waals surface area contributed by atoms with Crippen molar-refractivity contribution >= 4 is 16.6 Å². The topological polar surface area (TPSA) is 46.9 Å². The number of aromatic nitrogens is 2. The van der Waals surface area contributed by atoms with Gasteiger partial charge in [0.25, 0.3) is 5.56 Å². The fourth-order valence-electron chi connectivity index (χ4n) is 3.57. The van der Waals surface area contributed by atoms with E-state index in [1.165, 1.54) is 5.56 Å². The monoisotopic (exact) mass is 339 g/mol. The first-order valence-electron chi connectivity index (χ1n) is 8.66. The minimum absolute atomic E-state index is 0.0295. The van der Waals surface area contributed by atoms with E-state index in [9.17, 15) is 4.79 Å². The van der Waals surface area contributed by atoms with E-state index >= 15 is 0 Å². The first kappa shape index (κ1) is 14.9. The molecule has 0 unspecified atom stereocenters. The Kier molecular flexibility index (Phi) is 3.19. The second kappa shape index (κ2) is 5.56. The number of nitrogens with zero attached hydrogens (tertiary/aromatic N) is 2. The minimum Gasteiger partial charge on any atom is -0.360 e. The van der Waals surface area contributed by atoms with Gasteiger partial charge in [0.2, 0.25) is 0 Å². The molecule has 1 N–H and O–H groups in total. The molecule has 3 aromatic carbocycles. The Labute approximate surface area is 150 Å². The average Bonchev–Trinajstić information content (AvgIpc) is 2.68. The van der Waals surface area contributed by atoms with E-state index in [-0.39, 0.29) is 11.7 Å². The third-order valence-corrected chi connectivity index (χ3v) is 4.92. The molecule has 4 aromatic rings. The highest BCUT2D eigenvalue weighted by atomic mass is 16.1. The van der Waals surface area contributed by atoms with Crippen LogP contribution in [0.15, 0.2) is 77.6 Å². The molecule has 4 nitrogen and oxygen atoms in total. The molecule has 0 aliphatic carbocycles. The van der Waals surface area contributed by atoms with Crippen molar-refractivity contribution in [3.05, 3.63) is 94.3 Å². The van der Waals surface area contributed by atoms with E-state index in [4.69, 9.17) is 4.98 Å². The fraction of sp³-hybridized carbons (Fsp3) is 0.0909. The van der Waals surface area contributed by atoms with E-state index in [1.807, 2.05) is 48.5 Å². The summed E-state index contributed by atoms with van der Waals surface area (Å²) in [6.07, 6.45) is -0.287. The van der Waals surface area contributed by atoms with Crippen LogP contribution in [0, 0.1) is 6.92 Å². The van der Waals surface area contributed by atoms with Crippen LogP contribution < -0.4 is 10.9 Å². The van der Waals surface area contributed by atoms with Gasteiger partial charge in [-0.15, -0.1) is 0 Å². The zero-order chi connectivity index (χ0) is 17.7. The normalized spacial score (nSPS) is 15.2. The van der Waals surface area contributed by atoms with E-state index < -0.39 is 0 Å². The van der Waals surface area contributed by atoms with E-state index in [0.29, 0.717) is 11.2 Å². The van der Waals surface area contributed by atoms with Gasteiger partial charge in [-0.05, 0) is 36.8 Å². The van der Waals surface area contributed by atoms with Crippen LogP contribution in [0.5, 0.6) is 0 Å². The van der Waals surface area contributed by atoms with E-state index in [2.05, 4.69) is 36.5 Å². The second-order valence-corrected chi connectivity index (χ2v) is 6.63. The van der Waals surface area contributed by atoms with Crippen molar-refractivity contribution in [1.29, 1.82) is 0 Å². The summed E-state index contributed by atoms with van der Waals surface area (Å²) in [6.45, 7) is 2.06. The van der Waals surface area contributed by atoms with Gasteiger partial charge in [0, 0.05) is 11.3 Å². The van der Waals surface area contributed by atoms with Gasteiger partial charge in [-0.1, -0.05) is 54.1 Å². The summed E-state index contributed by atoms with van der Waals surface area (Å²) in [5, 5.41) is 4.15. The van der Waals surface area contributed by atoms with Crippen LogP contribution in [0.1, 0.15) is 17.3 Å². The van der Waals surface area contributed by atoms with Crippen LogP contribution in [0.3, 0.4) is 0 Å². The summed E-state index contributed by atoms with van der Waals surface area (Å²) in [4.78, 5) is 18.2. The molecule has 1 aliphatic heterocycles. The van der Waals surface area contributed by atoms with Gasteiger partial charge in [-0.2, -0.15) is 0 Å². The average molecular weight is 339 g/mol. The van der Waals surface area contributed by atoms with Crippen molar-refractivity contribution in [1.82, 2.24) is 9.55 Å². The fourth-order valence-corrected chi connectivity index (χ4v) is 3.57. The molecule has 0 saturated carbocycles. The standard InChI is InChI=1S/C22H17N3O/c1-14-10-12-15(13-11-14)20-23-18-8-4-2-6-16(18)21-24-19-9-5-3-7-17(19)22(26)25(20)21/h2-13,20,23H,1H3/t20-/m1/s1. The Morgan fingerprint density at radius 3 is 2.50 bits per heavy atom. The van der Waals surface area contributed by atoms with Crippen molar-refractivity contribution in [3.63, 3.8) is 0 Å². The molecule has 0 fully saturated rings. The van der Waals surface area contributed by atoms with Crippen LogP contribution in [0.2, 0.25) is 0 Å². The van der Waals surface area contributed by atoms with Crippen LogP contribution in [-0.4, -0.2) is 9.55 Å². The van der Waals surface area contributed by atoms with Gasteiger partial charge in [-0.3, -0.25) is 9.36 Å². The maximum Gasteiger partial charge on any atom is 0.263 e. The maximum absolute atomic E-state index is 13.3. The third-order valence-electron chi connectivity index (χ3n) is 4.92. The first-order chi connectivity index (χ1) is 12.7. The Hall–Kier alpha value is -3.40. The molecule has 0 amide bonds. The minimum atomic E-state index is -0.287. The van der Waals surface area contributed by atoms with E-state index in [0.717, 1.165) is 22.3 Å². The van der Waals surface area contributed by atoms with Gasteiger partial charge in [0.05, 0.1) is 10.9 Å². The number of para-hydroxylation sites is 2. The molecule has 1 aliphatic rings. The molecular formula is C22H17N3O. The molecule has 0 radical (unpaired) electrons. The summed E-state index contributed by atoms with van der Waals surface area (Å²) < 4.78 is 1.77. The highest BCUT2D eigenvalue weighted by Crippen LogP contribution is 2.36. The van der Waals surface area contributed by atoms with Crippen molar-refractivity contribution in [2.75, 3.05) is 5.32 Å². The lowest BCUT2D eigenvalue weighted by Gasteiger charge is -2.31. The summed E-state index contributed by atoms with van der Waals surface area (Å²) in [5.41, 5.74) is 4.85. The van der Waals surface area contributed by atoms with Crippen LogP contribution in [0.4, 0.5) is 5.69 Å². The van der Waals surface area contributed by atoms with Gasteiger partial charge in [0.1, 0.15) is 12.0 Å². The Morgan fingerprint density at radius 1 is 0.923 bits per heavy atom. The lowest BCUT2D eigenvalue weighted by Crippen LogP contribution is -2.35. The lowest BCUT2D eigenvalue weighted by molar-refractivity contribution is 0.620. The van der Waals surface area contributed by atoms with Crippen molar-refractivity contribution in [2.24, 2.45) is 0 Å². The van der Waals surface area contributed by atoms with Crippen LogP contribution in [-0.2, 0) is 0 Å². The van der Waals surface area contributed by atoms with Gasteiger partial charge in [0.15, 0.2) is 0 Å². The summed E-state index contributed by atoms with van der Waals surface area (Å²) >= 11 is 0. The SMILES string of the molecule is Cc1ccc([C@@H]2Nc3ccccc3-c3nc4ccccc4c(=O)n32)cc1.